The topological polar surface area (TPSA) is 35.5 Å². The van der Waals surface area contributed by atoms with Crippen molar-refractivity contribution >= 4 is 12.4 Å². The predicted octanol–water partition coefficient (Wildman–Crippen LogP) is 3.37. The Kier molecular flexibility index (Phi) is 7.09. The number of nitrogens with one attached hydrogen (secondary N) is 1. The number of rotatable bonds is 4. The molecule has 1 fully saturated rings. The number of aliphatic hydroxyl groups excluding tert-OH is 1. The lowest BCUT2D eigenvalue weighted by Crippen LogP contribution is -2.49. The summed E-state index contributed by atoms with van der Waals surface area (Å²) in [5, 5.41) is 13.3. The Morgan fingerprint density at radius 1 is 1.04 bits per heavy atom. The quantitative estimate of drug-likeness (QED) is 0.882. The zero-order valence-electron chi connectivity index (χ0n) is 15.2. The lowest BCUT2D eigenvalue weighted by atomic mass is 9.78. The van der Waals surface area contributed by atoms with Gasteiger partial charge in [0.25, 0.3) is 0 Å². The average Bonchev–Trinajstić information content (AvgIpc) is 2.48. The van der Waals surface area contributed by atoms with Crippen LogP contribution in [-0.4, -0.2) is 42.8 Å². The molecule has 1 saturated heterocycles. The molecule has 2 rings (SSSR count). The van der Waals surface area contributed by atoms with Crippen LogP contribution in [0.25, 0.3) is 0 Å². The molecule has 0 spiro atoms. The van der Waals surface area contributed by atoms with Gasteiger partial charge < -0.3 is 10.4 Å². The van der Waals surface area contributed by atoms with E-state index in [2.05, 4.69) is 69.1 Å². The van der Waals surface area contributed by atoms with Crippen LogP contribution in [0.3, 0.4) is 0 Å². The number of nitrogens with zero attached hydrogens (tertiary/aromatic N) is 1. The summed E-state index contributed by atoms with van der Waals surface area (Å²) < 4.78 is 0. The number of hydrogen-bond donors (Lipinski definition) is 2. The summed E-state index contributed by atoms with van der Waals surface area (Å²) in [5.74, 6) is 0. The van der Waals surface area contributed by atoms with Crippen LogP contribution >= 0.6 is 12.4 Å². The maximum absolute atomic E-state index is 9.90. The Balaban J connectivity index is 0.00000264. The molecular formula is C19H33ClN2O. The van der Waals surface area contributed by atoms with E-state index in [0.29, 0.717) is 0 Å². The first-order chi connectivity index (χ1) is 10.3. The molecule has 0 radical (unpaired) electrons. The van der Waals surface area contributed by atoms with Gasteiger partial charge in [0.2, 0.25) is 0 Å². The van der Waals surface area contributed by atoms with Gasteiger partial charge in [-0.15, -0.1) is 12.4 Å². The Hall–Kier alpha value is -0.610. The molecule has 1 heterocycles. The first kappa shape index (κ1) is 20.4. The van der Waals surface area contributed by atoms with Crippen LogP contribution in [0.15, 0.2) is 24.3 Å². The molecule has 1 atom stereocenters. The number of hydrogen-bond acceptors (Lipinski definition) is 3. The van der Waals surface area contributed by atoms with Crippen molar-refractivity contribution in [2.75, 3.05) is 32.8 Å². The van der Waals surface area contributed by atoms with Gasteiger partial charge in [0.05, 0.1) is 0 Å². The second-order valence-electron chi connectivity index (χ2n) is 8.21. The largest absolute Gasteiger partial charge is 0.396 e. The van der Waals surface area contributed by atoms with Gasteiger partial charge in [0.1, 0.15) is 0 Å². The van der Waals surface area contributed by atoms with Crippen LogP contribution in [0.5, 0.6) is 0 Å². The highest BCUT2D eigenvalue weighted by molar-refractivity contribution is 5.85. The summed E-state index contributed by atoms with van der Waals surface area (Å²) in [6.07, 6.45) is 0. The van der Waals surface area contributed by atoms with Gasteiger partial charge in [-0.3, -0.25) is 4.90 Å². The van der Waals surface area contributed by atoms with Gasteiger partial charge in [-0.1, -0.05) is 58.9 Å². The number of aliphatic hydroxyl groups is 1. The van der Waals surface area contributed by atoms with Crippen molar-refractivity contribution < 1.29 is 5.11 Å². The molecule has 2 N–H and O–H groups in total. The van der Waals surface area contributed by atoms with Crippen LogP contribution in [-0.2, 0) is 5.41 Å². The van der Waals surface area contributed by atoms with E-state index in [0.717, 1.165) is 26.2 Å². The van der Waals surface area contributed by atoms with Crippen LogP contribution in [0.4, 0.5) is 0 Å². The van der Waals surface area contributed by atoms with E-state index in [9.17, 15) is 5.11 Å². The zero-order chi connectivity index (χ0) is 16.4. The number of benzene rings is 1. The Bertz CT molecular complexity index is 473. The van der Waals surface area contributed by atoms with Crippen molar-refractivity contribution in [2.45, 2.75) is 46.1 Å². The van der Waals surface area contributed by atoms with E-state index in [1.54, 1.807) is 0 Å². The van der Waals surface area contributed by atoms with Crippen molar-refractivity contribution in [2.24, 2.45) is 5.41 Å². The Morgan fingerprint density at radius 2 is 1.57 bits per heavy atom. The Morgan fingerprint density at radius 3 is 2.00 bits per heavy atom. The second-order valence-corrected chi connectivity index (χ2v) is 8.21. The highest BCUT2D eigenvalue weighted by Gasteiger charge is 2.35. The molecule has 0 bridgehead atoms. The molecule has 1 aromatic carbocycles. The van der Waals surface area contributed by atoms with E-state index in [1.807, 2.05) is 0 Å². The minimum Gasteiger partial charge on any atom is -0.396 e. The van der Waals surface area contributed by atoms with E-state index < -0.39 is 0 Å². The second kappa shape index (κ2) is 7.98. The van der Waals surface area contributed by atoms with Gasteiger partial charge >= 0.3 is 0 Å². The van der Waals surface area contributed by atoms with Gasteiger partial charge in [0.15, 0.2) is 0 Å². The molecule has 0 unspecified atom stereocenters. The first-order valence-electron chi connectivity index (χ1n) is 8.42. The van der Waals surface area contributed by atoms with E-state index >= 15 is 0 Å². The van der Waals surface area contributed by atoms with E-state index in [4.69, 9.17) is 0 Å². The third kappa shape index (κ3) is 4.93. The maximum Gasteiger partial charge on any atom is 0.0500 e. The standard InChI is InChI=1S/C19H32N2O.ClH/c1-18(2,3)16-8-6-15(7-9-16)17(19(4,5)14-22)21-12-10-20-11-13-21;/h6-9,17,20,22H,10-14H2,1-5H3;1H/t17-;/m0./s1. The van der Waals surface area contributed by atoms with Crippen LogP contribution in [0, 0.1) is 5.41 Å². The summed E-state index contributed by atoms with van der Waals surface area (Å²) in [7, 11) is 0. The smallest absolute Gasteiger partial charge is 0.0500 e. The summed E-state index contributed by atoms with van der Waals surface area (Å²) in [4.78, 5) is 2.51. The Labute approximate surface area is 147 Å². The fraction of sp³-hybridized carbons (Fsp3) is 0.684. The molecular weight excluding hydrogens is 308 g/mol. The molecule has 0 aromatic heterocycles. The van der Waals surface area contributed by atoms with Gasteiger partial charge in [-0.2, -0.15) is 0 Å². The predicted molar refractivity (Wildman–Crippen MR) is 100 cm³/mol. The zero-order valence-corrected chi connectivity index (χ0v) is 16.0. The van der Waals surface area contributed by atoms with Crippen molar-refractivity contribution in [1.82, 2.24) is 10.2 Å². The van der Waals surface area contributed by atoms with Gasteiger partial charge in [-0.25, -0.2) is 0 Å². The molecule has 1 aliphatic heterocycles. The summed E-state index contributed by atoms with van der Waals surface area (Å²) >= 11 is 0. The third-order valence-electron chi connectivity index (χ3n) is 4.76. The average molecular weight is 341 g/mol. The van der Waals surface area contributed by atoms with Crippen LogP contribution < -0.4 is 5.32 Å². The SMILES string of the molecule is CC(C)(C)c1ccc([C@H](N2CCNCC2)C(C)(C)CO)cc1.Cl. The first-order valence-corrected chi connectivity index (χ1v) is 8.42. The number of halogens is 1. The third-order valence-corrected chi connectivity index (χ3v) is 4.76. The van der Waals surface area contributed by atoms with Crippen LogP contribution in [0.1, 0.15) is 51.8 Å². The minimum atomic E-state index is -0.152. The normalized spacial score (nSPS) is 18.3. The van der Waals surface area contributed by atoms with E-state index in [-0.39, 0.29) is 35.9 Å². The fourth-order valence-corrected chi connectivity index (χ4v) is 3.35. The molecule has 23 heavy (non-hydrogen) atoms. The van der Waals surface area contributed by atoms with Crippen LogP contribution in [0.2, 0.25) is 0 Å². The lowest BCUT2D eigenvalue weighted by molar-refractivity contribution is 0.0305. The van der Waals surface area contributed by atoms with Crippen molar-refractivity contribution in [1.29, 1.82) is 0 Å². The maximum atomic E-state index is 9.90. The molecule has 0 amide bonds. The van der Waals surface area contributed by atoms with Gasteiger partial charge in [0, 0.05) is 44.2 Å². The fourth-order valence-electron chi connectivity index (χ4n) is 3.35. The molecule has 1 aromatic rings. The molecule has 1 aliphatic rings. The highest BCUT2D eigenvalue weighted by Crippen LogP contribution is 2.38. The van der Waals surface area contributed by atoms with Crippen molar-refractivity contribution in [3.63, 3.8) is 0 Å². The van der Waals surface area contributed by atoms with Crippen molar-refractivity contribution in [3.05, 3.63) is 35.4 Å². The molecule has 0 saturated carbocycles. The molecule has 132 valence electrons. The lowest BCUT2D eigenvalue weighted by Gasteiger charge is -2.43. The summed E-state index contributed by atoms with van der Waals surface area (Å²) in [5.41, 5.74) is 2.70. The molecule has 0 aliphatic carbocycles. The number of piperazine rings is 1. The summed E-state index contributed by atoms with van der Waals surface area (Å²) in [6.45, 7) is 15.4. The highest BCUT2D eigenvalue weighted by atomic mass is 35.5. The van der Waals surface area contributed by atoms with E-state index in [1.165, 1.54) is 11.1 Å². The minimum absolute atomic E-state index is 0. The molecule has 4 heteroatoms. The van der Waals surface area contributed by atoms with Gasteiger partial charge in [-0.05, 0) is 16.5 Å². The monoisotopic (exact) mass is 340 g/mol. The summed E-state index contributed by atoms with van der Waals surface area (Å²) in [6, 6.07) is 9.26. The van der Waals surface area contributed by atoms with Crippen molar-refractivity contribution in [3.8, 4) is 0 Å². The molecule has 3 nitrogen and oxygen atoms in total.